The highest BCUT2D eigenvalue weighted by molar-refractivity contribution is 6.88. The Bertz CT molecular complexity index is 313. The largest absolute Gasteiger partial charge is 0.494 e. The molecule has 14 heavy (non-hydrogen) atoms. The van der Waals surface area contributed by atoms with Crippen molar-refractivity contribution in [2.75, 3.05) is 6.61 Å². The van der Waals surface area contributed by atoms with Crippen LogP contribution in [0.4, 0.5) is 0 Å². The van der Waals surface area contributed by atoms with Crippen molar-refractivity contribution in [1.82, 2.24) is 0 Å². The van der Waals surface area contributed by atoms with Crippen molar-refractivity contribution >= 4 is 13.3 Å². The van der Waals surface area contributed by atoms with E-state index in [4.69, 9.17) is 4.74 Å². The molecular weight excluding hydrogens is 188 g/mol. The fraction of sp³-hybridized carbons (Fsp3) is 0.500. The highest BCUT2D eigenvalue weighted by Crippen LogP contribution is 2.17. The van der Waals surface area contributed by atoms with Crippen LogP contribution >= 0.6 is 0 Å². The number of hydrogen-bond acceptors (Lipinski definition) is 1. The summed E-state index contributed by atoms with van der Waals surface area (Å²) in [4.78, 5) is 0. The number of ether oxygens (including phenoxy) is 1. The fourth-order valence-corrected chi connectivity index (χ4v) is 2.67. The van der Waals surface area contributed by atoms with E-state index >= 15 is 0 Å². The van der Waals surface area contributed by atoms with E-state index in [1.165, 1.54) is 10.8 Å². The molecule has 1 rings (SSSR count). The zero-order valence-electron chi connectivity index (χ0n) is 9.85. The van der Waals surface area contributed by atoms with E-state index in [1.807, 2.05) is 6.92 Å². The second kappa shape index (κ2) is 4.18. The highest BCUT2D eigenvalue weighted by Gasteiger charge is 2.16. The van der Waals surface area contributed by atoms with E-state index in [0.717, 1.165) is 12.4 Å². The van der Waals surface area contributed by atoms with Gasteiger partial charge in [0, 0.05) is 0 Å². The molecule has 0 saturated carbocycles. The summed E-state index contributed by atoms with van der Waals surface area (Å²) in [6, 6.07) is 6.59. The van der Waals surface area contributed by atoms with Crippen molar-refractivity contribution in [2.24, 2.45) is 0 Å². The molecule has 0 aromatic heterocycles. The Morgan fingerprint density at radius 2 is 1.86 bits per heavy atom. The van der Waals surface area contributed by atoms with Gasteiger partial charge in [0.15, 0.2) is 0 Å². The molecule has 0 aliphatic rings. The van der Waals surface area contributed by atoms with Gasteiger partial charge in [-0.05, 0) is 25.5 Å². The van der Waals surface area contributed by atoms with Crippen molar-refractivity contribution in [2.45, 2.75) is 33.5 Å². The lowest BCUT2D eigenvalue weighted by Gasteiger charge is -2.18. The summed E-state index contributed by atoms with van der Waals surface area (Å²) < 4.78 is 5.52. The maximum absolute atomic E-state index is 5.52. The summed E-state index contributed by atoms with van der Waals surface area (Å²) in [5.74, 6) is 1.02. The third kappa shape index (κ3) is 2.61. The molecule has 0 heterocycles. The fourth-order valence-electron chi connectivity index (χ4n) is 1.43. The Hall–Kier alpha value is -0.763. The molecule has 0 aliphatic heterocycles. The van der Waals surface area contributed by atoms with Gasteiger partial charge in [0.1, 0.15) is 5.75 Å². The Morgan fingerprint density at radius 1 is 1.21 bits per heavy atom. The van der Waals surface area contributed by atoms with Gasteiger partial charge in [-0.1, -0.05) is 37.0 Å². The van der Waals surface area contributed by atoms with Gasteiger partial charge in [-0.3, -0.25) is 0 Å². The molecule has 0 fully saturated rings. The van der Waals surface area contributed by atoms with Gasteiger partial charge >= 0.3 is 0 Å². The molecule has 1 nitrogen and oxygen atoms in total. The van der Waals surface area contributed by atoms with E-state index in [-0.39, 0.29) is 0 Å². The third-order valence-electron chi connectivity index (χ3n) is 2.34. The quantitative estimate of drug-likeness (QED) is 0.694. The molecule has 1 aromatic carbocycles. The zero-order valence-corrected chi connectivity index (χ0v) is 10.8. The summed E-state index contributed by atoms with van der Waals surface area (Å²) in [5, 5.41) is 1.50. The second-order valence-electron chi connectivity index (χ2n) is 4.66. The topological polar surface area (TPSA) is 9.23 Å². The minimum absolute atomic E-state index is 0.743. The molecule has 1 aromatic rings. The van der Waals surface area contributed by atoms with Crippen LogP contribution in [0.3, 0.4) is 0 Å². The minimum Gasteiger partial charge on any atom is -0.494 e. The SMILES string of the molecule is CCOc1ccc([Si](C)(C)C)cc1C. The standard InChI is InChI=1S/C12H20OSi/c1-6-13-12-8-7-11(9-10(12)2)14(3,4)5/h7-9H,6H2,1-5H3. The molecule has 0 radical (unpaired) electrons. The van der Waals surface area contributed by atoms with Gasteiger partial charge in [0.25, 0.3) is 0 Å². The lowest BCUT2D eigenvalue weighted by Crippen LogP contribution is -2.37. The Morgan fingerprint density at radius 3 is 2.29 bits per heavy atom. The van der Waals surface area contributed by atoms with Crippen molar-refractivity contribution in [3.05, 3.63) is 23.8 Å². The van der Waals surface area contributed by atoms with Crippen molar-refractivity contribution < 1.29 is 4.74 Å². The van der Waals surface area contributed by atoms with Gasteiger partial charge in [0.2, 0.25) is 0 Å². The molecule has 0 spiro atoms. The van der Waals surface area contributed by atoms with Gasteiger partial charge in [0.05, 0.1) is 14.7 Å². The minimum atomic E-state index is -1.17. The summed E-state index contributed by atoms with van der Waals surface area (Å²) >= 11 is 0. The first-order chi connectivity index (χ1) is 6.45. The molecule has 0 saturated heterocycles. The summed E-state index contributed by atoms with van der Waals surface area (Å²) in [7, 11) is -1.17. The van der Waals surface area contributed by atoms with Crippen molar-refractivity contribution in [1.29, 1.82) is 0 Å². The predicted octanol–water partition coefficient (Wildman–Crippen LogP) is 2.94. The first-order valence-corrected chi connectivity index (χ1v) is 8.69. The molecular formula is C12H20OSi. The van der Waals surface area contributed by atoms with Crippen LogP contribution in [0.5, 0.6) is 5.75 Å². The van der Waals surface area contributed by atoms with E-state index in [0.29, 0.717) is 0 Å². The molecule has 0 unspecified atom stereocenters. The third-order valence-corrected chi connectivity index (χ3v) is 4.38. The lowest BCUT2D eigenvalue weighted by atomic mass is 10.2. The second-order valence-corrected chi connectivity index (χ2v) is 9.74. The number of benzene rings is 1. The van der Waals surface area contributed by atoms with Crippen LogP contribution < -0.4 is 9.92 Å². The highest BCUT2D eigenvalue weighted by atomic mass is 28.3. The van der Waals surface area contributed by atoms with Gasteiger partial charge < -0.3 is 4.74 Å². The smallest absolute Gasteiger partial charge is 0.122 e. The number of hydrogen-bond donors (Lipinski definition) is 0. The van der Waals surface area contributed by atoms with Crippen LogP contribution in [0.2, 0.25) is 19.6 Å². The van der Waals surface area contributed by atoms with E-state index in [1.54, 1.807) is 0 Å². The first-order valence-electron chi connectivity index (χ1n) is 5.19. The van der Waals surface area contributed by atoms with Crippen LogP contribution in [0.1, 0.15) is 12.5 Å². The maximum Gasteiger partial charge on any atom is 0.122 e. The molecule has 0 aliphatic carbocycles. The van der Waals surface area contributed by atoms with Crippen molar-refractivity contribution in [3.8, 4) is 5.75 Å². The van der Waals surface area contributed by atoms with Crippen LogP contribution in [0.15, 0.2) is 18.2 Å². The van der Waals surface area contributed by atoms with E-state index in [9.17, 15) is 0 Å². The lowest BCUT2D eigenvalue weighted by molar-refractivity contribution is 0.338. The number of rotatable bonds is 3. The molecule has 0 N–H and O–H groups in total. The maximum atomic E-state index is 5.52. The predicted molar refractivity (Wildman–Crippen MR) is 65.3 cm³/mol. The summed E-state index contributed by atoms with van der Waals surface area (Å²) in [6.45, 7) is 12.0. The monoisotopic (exact) mass is 208 g/mol. The Balaban J connectivity index is 3.01. The summed E-state index contributed by atoms with van der Waals surface area (Å²) in [6.07, 6.45) is 0. The first kappa shape index (κ1) is 11.3. The Kier molecular flexibility index (Phi) is 3.37. The molecule has 2 heteroatoms. The normalized spacial score (nSPS) is 11.5. The van der Waals surface area contributed by atoms with Crippen molar-refractivity contribution in [3.63, 3.8) is 0 Å². The van der Waals surface area contributed by atoms with E-state index < -0.39 is 8.07 Å². The van der Waals surface area contributed by atoms with Gasteiger partial charge in [-0.25, -0.2) is 0 Å². The average molecular weight is 208 g/mol. The Labute approximate surface area is 88.1 Å². The van der Waals surface area contributed by atoms with Gasteiger partial charge in [-0.15, -0.1) is 0 Å². The van der Waals surface area contributed by atoms with Crippen LogP contribution in [-0.2, 0) is 0 Å². The molecule has 0 bridgehead atoms. The number of aryl methyl sites for hydroxylation is 1. The van der Waals surface area contributed by atoms with Crippen LogP contribution in [0, 0.1) is 6.92 Å². The van der Waals surface area contributed by atoms with Gasteiger partial charge in [-0.2, -0.15) is 0 Å². The molecule has 78 valence electrons. The van der Waals surface area contributed by atoms with E-state index in [2.05, 4.69) is 44.8 Å². The summed E-state index contributed by atoms with van der Waals surface area (Å²) in [5.41, 5.74) is 1.26. The molecule has 0 amide bonds. The van der Waals surface area contributed by atoms with Crippen LogP contribution in [-0.4, -0.2) is 14.7 Å². The zero-order chi connectivity index (χ0) is 10.8. The van der Waals surface area contributed by atoms with Crippen LogP contribution in [0.25, 0.3) is 0 Å². The average Bonchev–Trinajstić information content (AvgIpc) is 2.07. The molecule has 0 atom stereocenters.